The number of benzene rings is 3. The quantitative estimate of drug-likeness (QED) is 0.326. The molecule has 0 saturated carbocycles. The Morgan fingerprint density at radius 3 is 2.12 bits per heavy atom. The van der Waals surface area contributed by atoms with E-state index in [1.807, 2.05) is 0 Å². The van der Waals surface area contributed by atoms with Crippen LogP contribution >= 0.6 is 0 Å². The first kappa shape index (κ1) is 29.0. The summed E-state index contributed by atoms with van der Waals surface area (Å²) in [5.74, 6) is -2.35. The lowest BCUT2D eigenvalue weighted by Crippen LogP contribution is -2.45. The van der Waals surface area contributed by atoms with Crippen LogP contribution in [0.5, 0.6) is 11.5 Å². The van der Waals surface area contributed by atoms with Crippen molar-refractivity contribution in [3.8, 4) is 11.5 Å². The van der Waals surface area contributed by atoms with Crippen LogP contribution in [-0.4, -0.2) is 32.1 Å². The monoisotopic (exact) mass is 590 g/mol. The molecule has 0 saturated heterocycles. The summed E-state index contributed by atoms with van der Waals surface area (Å²) in [6.07, 6.45) is -10.0. The van der Waals surface area contributed by atoms with Gasteiger partial charge in [-0.2, -0.15) is 26.3 Å². The van der Waals surface area contributed by atoms with Crippen LogP contribution in [0.2, 0.25) is 0 Å². The van der Waals surface area contributed by atoms with E-state index in [9.17, 15) is 35.9 Å². The molecule has 5 rings (SSSR count). The number of amides is 1. The third kappa shape index (κ3) is 5.28. The molecule has 6 nitrogen and oxygen atoms in total. The summed E-state index contributed by atoms with van der Waals surface area (Å²) >= 11 is 0. The van der Waals surface area contributed by atoms with Crippen molar-refractivity contribution < 1.29 is 45.4 Å². The van der Waals surface area contributed by atoms with E-state index in [4.69, 9.17) is 9.47 Å². The predicted molar refractivity (Wildman–Crippen MR) is 141 cm³/mol. The van der Waals surface area contributed by atoms with E-state index in [1.165, 1.54) is 32.4 Å². The van der Waals surface area contributed by atoms with E-state index in [0.29, 0.717) is 22.0 Å². The number of carbonyl (C=O) groups excluding carboxylic acids is 2. The van der Waals surface area contributed by atoms with E-state index in [2.05, 4.69) is 5.32 Å². The number of halogens is 6. The maximum atomic E-state index is 14.0. The molecule has 3 aromatic carbocycles. The molecule has 0 radical (unpaired) electrons. The van der Waals surface area contributed by atoms with Gasteiger partial charge in [0.15, 0.2) is 17.3 Å². The third-order valence-corrected chi connectivity index (χ3v) is 7.38. The van der Waals surface area contributed by atoms with E-state index >= 15 is 0 Å². The Morgan fingerprint density at radius 1 is 0.857 bits per heavy atom. The van der Waals surface area contributed by atoms with Crippen LogP contribution in [-0.2, 0) is 15.8 Å². The fraction of sp³-hybridized carbons (Fsp3) is 0.267. The highest BCUT2D eigenvalue weighted by Gasteiger charge is 2.50. The first-order valence-corrected chi connectivity index (χ1v) is 12.7. The number of Topliss-reactive ketones (excluding diaryl/α,β-unsaturated/α-hetero) is 1. The molecule has 1 aliphatic heterocycles. The molecule has 2 atom stereocenters. The Kier molecular flexibility index (Phi) is 7.42. The number of fused-ring (bicyclic) bond motifs is 1. The standard InChI is InChI=1S/C30H24F6N2O4/c1-41-24-12-9-17(15-25(24)42-2)18-13-21-26(23(39)14-18)27(16-7-10-19(11-8-16)29(31,32)33)38(28(40)30(34,35)36)22-6-4-3-5-20(22)37-21/h3-12,15,18,27,37H,13-14H2,1-2H3/t18-,27-/m1/s1. The first-order valence-electron chi connectivity index (χ1n) is 12.7. The molecule has 220 valence electrons. The van der Waals surface area contributed by atoms with Gasteiger partial charge in [-0.05, 0) is 59.9 Å². The lowest BCUT2D eigenvalue weighted by atomic mass is 9.78. The molecule has 1 N–H and O–H groups in total. The maximum Gasteiger partial charge on any atom is 0.471 e. The Hall–Kier alpha value is -4.48. The Labute approximate surface area is 236 Å². The molecule has 0 aromatic heterocycles. The number of anilines is 2. The molecule has 12 heteroatoms. The lowest BCUT2D eigenvalue weighted by Gasteiger charge is -2.35. The predicted octanol–water partition coefficient (Wildman–Crippen LogP) is 7.19. The third-order valence-electron chi connectivity index (χ3n) is 7.38. The fourth-order valence-corrected chi connectivity index (χ4v) is 5.46. The number of nitrogens with one attached hydrogen (secondary N) is 1. The second-order valence-electron chi connectivity index (χ2n) is 9.87. The van der Waals surface area contributed by atoms with Crippen molar-refractivity contribution in [2.75, 3.05) is 24.4 Å². The van der Waals surface area contributed by atoms with E-state index in [-0.39, 0.29) is 41.1 Å². The topological polar surface area (TPSA) is 67.9 Å². The summed E-state index contributed by atoms with van der Waals surface area (Å²) in [5, 5.41) is 3.08. The molecule has 0 fully saturated rings. The molecule has 1 aliphatic carbocycles. The Bertz CT molecular complexity index is 1560. The van der Waals surface area contributed by atoms with Crippen molar-refractivity contribution in [3.05, 3.63) is 94.7 Å². The lowest BCUT2D eigenvalue weighted by molar-refractivity contribution is -0.170. The minimum Gasteiger partial charge on any atom is -0.493 e. The average molecular weight is 591 g/mol. The number of hydrogen-bond donors (Lipinski definition) is 1. The molecule has 0 bridgehead atoms. The van der Waals surface area contributed by atoms with Crippen LogP contribution in [0.3, 0.4) is 0 Å². The summed E-state index contributed by atoms with van der Waals surface area (Å²) in [6, 6.07) is 12.7. The fourth-order valence-electron chi connectivity index (χ4n) is 5.46. The number of nitrogens with zero attached hydrogens (tertiary/aromatic N) is 1. The summed E-state index contributed by atoms with van der Waals surface area (Å²) < 4.78 is 92.7. The zero-order valence-electron chi connectivity index (χ0n) is 22.3. The van der Waals surface area contributed by atoms with Crippen LogP contribution in [0.4, 0.5) is 37.7 Å². The maximum absolute atomic E-state index is 14.0. The smallest absolute Gasteiger partial charge is 0.471 e. The van der Waals surface area contributed by atoms with Gasteiger partial charge in [-0.25, -0.2) is 0 Å². The second-order valence-corrected chi connectivity index (χ2v) is 9.87. The van der Waals surface area contributed by atoms with Gasteiger partial charge in [0.25, 0.3) is 0 Å². The highest BCUT2D eigenvalue weighted by atomic mass is 19.4. The highest BCUT2D eigenvalue weighted by molar-refractivity contribution is 6.07. The van der Waals surface area contributed by atoms with Crippen molar-refractivity contribution in [1.82, 2.24) is 0 Å². The number of rotatable bonds is 4. The molecule has 1 heterocycles. The molecule has 0 spiro atoms. The van der Waals surface area contributed by atoms with Crippen LogP contribution in [0.15, 0.2) is 78.0 Å². The summed E-state index contributed by atoms with van der Waals surface area (Å²) in [4.78, 5) is 27.3. The highest BCUT2D eigenvalue weighted by Crippen LogP contribution is 2.49. The van der Waals surface area contributed by atoms with Gasteiger partial charge in [0, 0.05) is 17.7 Å². The van der Waals surface area contributed by atoms with Gasteiger partial charge in [-0.15, -0.1) is 0 Å². The number of hydrogen-bond acceptors (Lipinski definition) is 5. The first-order chi connectivity index (χ1) is 19.8. The summed E-state index contributed by atoms with van der Waals surface area (Å²) in [7, 11) is 2.93. The molecule has 2 aliphatic rings. The minimum absolute atomic E-state index is 0.0791. The molecule has 42 heavy (non-hydrogen) atoms. The zero-order valence-corrected chi connectivity index (χ0v) is 22.3. The zero-order chi connectivity index (χ0) is 30.4. The van der Waals surface area contributed by atoms with Crippen molar-refractivity contribution in [2.24, 2.45) is 0 Å². The van der Waals surface area contributed by atoms with Crippen molar-refractivity contribution in [3.63, 3.8) is 0 Å². The van der Waals surface area contributed by atoms with Crippen LogP contribution in [0, 0.1) is 0 Å². The van der Waals surface area contributed by atoms with Crippen LogP contribution < -0.4 is 19.7 Å². The number of ketones is 1. The van der Waals surface area contributed by atoms with E-state index < -0.39 is 41.6 Å². The van der Waals surface area contributed by atoms with Crippen molar-refractivity contribution in [2.45, 2.75) is 37.2 Å². The van der Waals surface area contributed by atoms with E-state index in [0.717, 1.165) is 24.3 Å². The minimum atomic E-state index is -5.35. The number of alkyl halides is 6. The molecule has 0 unspecified atom stereocenters. The van der Waals surface area contributed by atoms with Crippen LogP contribution in [0.1, 0.15) is 41.5 Å². The Balaban J connectivity index is 1.70. The average Bonchev–Trinajstić information content (AvgIpc) is 3.10. The largest absolute Gasteiger partial charge is 0.493 e. The number of carbonyl (C=O) groups is 2. The van der Waals surface area contributed by atoms with Crippen LogP contribution in [0.25, 0.3) is 0 Å². The number of para-hydroxylation sites is 2. The molecular weight excluding hydrogens is 566 g/mol. The second kappa shape index (κ2) is 10.7. The van der Waals surface area contributed by atoms with Gasteiger partial charge in [0.2, 0.25) is 0 Å². The Morgan fingerprint density at radius 2 is 1.50 bits per heavy atom. The van der Waals surface area contributed by atoms with E-state index in [1.54, 1.807) is 24.3 Å². The summed E-state index contributed by atoms with van der Waals surface area (Å²) in [6.45, 7) is 0. The van der Waals surface area contributed by atoms with Gasteiger partial charge >= 0.3 is 18.3 Å². The van der Waals surface area contributed by atoms with Gasteiger partial charge in [-0.3, -0.25) is 14.5 Å². The van der Waals surface area contributed by atoms with Gasteiger partial charge < -0.3 is 14.8 Å². The van der Waals surface area contributed by atoms with Crippen molar-refractivity contribution >= 4 is 23.1 Å². The number of methoxy groups -OCH3 is 2. The normalized spacial score (nSPS) is 19.0. The van der Waals surface area contributed by atoms with Gasteiger partial charge in [0.1, 0.15) is 0 Å². The molecule has 1 amide bonds. The molecular formula is C30H24F6N2O4. The van der Waals surface area contributed by atoms with Gasteiger partial charge in [-0.1, -0.05) is 30.3 Å². The van der Waals surface area contributed by atoms with Crippen molar-refractivity contribution in [1.29, 1.82) is 0 Å². The molecule has 3 aromatic rings. The number of allylic oxidation sites excluding steroid dienone is 1. The summed E-state index contributed by atoms with van der Waals surface area (Å²) in [5.41, 5.74) is -0.288. The van der Waals surface area contributed by atoms with Gasteiger partial charge in [0.05, 0.1) is 37.2 Å². The number of ether oxygens (including phenoxy) is 2. The SMILES string of the molecule is COc1ccc([C@H]2CC(=O)C3=C(C2)Nc2ccccc2N(C(=O)C(F)(F)F)[C@@H]3c2ccc(C(F)(F)F)cc2)cc1OC.